The number of rotatable bonds is 4. The minimum Gasteiger partial charge on any atom is -0.484 e. The molecule has 0 bridgehead atoms. The summed E-state index contributed by atoms with van der Waals surface area (Å²) in [7, 11) is 0. The summed E-state index contributed by atoms with van der Waals surface area (Å²) in [5.41, 5.74) is 5.90. The van der Waals surface area contributed by atoms with E-state index >= 15 is 0 Å². The zero-order chi connectivity index (χ0) is 16.6. The summed E-state index contributed by atoms with van der Waals surface area (Å²) in [6.45, 7) is 0.131. The molecule has 1 aliphatic carbocycles. The van der Waals surface area contributed by atoms with Gasteiger partial charge in [0.1, 0.15) is 11.3 Å². The third kappa shape index (κ3) is 2.78. The van der Waals surface area contributed by atoms with Gasteiger partial charge in [-0.1, -0.05) is 18.0 Å². The molecule has 0 atom stereocenters. The molecular weight excluding hydrogens is 310 g/mol. The summed E-state index contributed by atoms with van der Waals surface area (Å²) < 4.78 is 16.0. The van der Waals surface area contributed by atoms with Crippen LogP contribution in [0.5, 0.6) is 5.75 Å². The summed E-state index contributed by atoms with van der Waals surface area (Å²) in [6.07, 6.45) is 3.91. The van der Waals surface area contributed by atoms with Crippen molar-refractivity contribution in [3.05, 3.63) is 52.5 Å². The van der Waals surface area contributed by atoms with E-state index in [9.17, 15) is 4.79 Å². The Bertz CT molecular complexity index is 925. The fourth-order valence-electron chi connectivity index (χ4n) is 3.02. The van der Waals surface area contributed by atoms with Gasteiger partial charge in [0.15, 0.2) is 12.4 Å². The summed E-state index contributed by atoms with van der Waals surface area (Å²) >= 11 is 0. The molecule has 7 heteroatoms. The largest absolute Gasteiger partial charge is 0.484 e. The van der Waals surface area contributed by atoms with Crippen molar-refractivity contribution in [3.63, 3.8) is 0 Å². The van der Waals surface area contributed by atoms with Crippen LogP contribution in [0, 0.1) is 0 Å². The van der Waals surface area contributed by atoms with Gasteiger partial charge in [0.2, 0.25) is 0 Å². The number of fused-ring (bicyclic) bond motifs is 1. The fourth-order valence-corrected chi connectivity index (χ4v) is 3.02. The van der Waals surface area contributed by atoms with E-state index in [0.29, 0.717) is 23.0 Å². The monoisotopic (exact) mass is 327 g/mol. The number of ether oxygens (including phenoxy) is 1. The van der Waals surface area contributed by atoms with Crippen molar-refractivity contribution in [2.24, 2.45) is 5.73 Å². The Labute approximate surface area is 137 Å². The lowest BCUT2D eigenvalue weighted by Crippen LogP contribution is -2.34. The number of nitrogens with two attached hydrogens (primary N) is 1. The van der Waals surface area contributed by atoms with Crippen molar-refractivity contribution >= 4 is 11.0 Å². The fraction of sp³-hybridized carbons (Fsp3) is 0.353. The first kappa shape index (κ1) is 14.9. The molecule has 24 heavy (non-hydrogen) atoms. The molecule has 0 radical (unpaired) electrons. The lowest BCUT2D eigenvalue weighted by molar-refractivity contribution is 0.241. The SMILES string of the molecule is NC1(c2noc(COc3ccc4ccc(=O)oc4c3)n2)CCCC1. The van der Waals surface area contributed by atoms with Crippen molar-refractivity contribution in [3.8, 4) is 5.75 Å². The predicted octanol–water partition coefficient (Wildman–Crippen LogP) is 2.48. The first-order valence-corrected chi connectivity index (χ1v) is 7.91. The van der Waals surface area contributed by atoms with Crippen LogP contribution in [-0.4, -0.2) is 10.1 Å². The van der Waals surface area contributed by atoms with Crippen LogP contribution < -0.4 is 16.1 Å². The van der Waals surface area contributed by atoms with E-state index in [1.807, 2.05) is 6.07 Å². The van der Waals surface area contributed by atoms with Crippen molar-refractivity contribution in [2.75, 3.05) is 0 Å². The molecule has 4 rings (SSSR count). The van der Waals surface area contributed by atoms with Crippen LogP contribution >= 0.6 is 0 Å². The van der Waals surface area contributed by atoms with E-state index in [-0.39, 0.29) is 6.61 Å². The number of benzene rings is 1. The number of hydrogen-bond donors (Lipinski definition) is 1. The Hall–Kier alpha value is -2.67. The maximum atomic E-state index is 11.3. The standard InChI is InChI=1S/C17H17N3O4/c18-17(7-1-2-8-17)16-19-14(24-20-16)10-22-12-5-3-11-4-6-15(21)23-13(11)9-12/h3-6,9H,1-2,7-8,10,18H2. The highest BCUT2D eigenvalue weighted by atomic mass is 16.5. The molecule has 2 N–H and O–H groups in total. The van der Waals surface area contributed by atoms with Crippen LogP contribution in [0.2, 0.25) is 0 Å². The van der Waals surface area contributed by atoms with E-state index in [1.165, 1.54) is 6.07 Å². The van der Waals surface area contributed by atoms with Crippen LogP contribution in [0.4, 0.5) is 0 Å². The second kappa shape index (κ2) is 5.76. The first-order chi connectivity index (χ1) is 11.6. The lowest BCUT2D eigenvalue weighted by Gasteiger charge is -2.17. The molecule has 1 fully saturated rings. The molecule has 0 saturated heterocycles. The molecule has 3 aromatic rings. The molecule has 0 amide bonds. The van der Waals surface area contributed by atoms with Gasteiger partial charge >= 0.3 is 5.63 Å². The smallest absolute Gasteiger partial charge is 0.336 e. The Morgan fingerprint density at radius 3 is 2.83 bits per heavy atom. The van der Waals surface area contributed by atoms with Gasteiger partial charge in [0, 0.05) is 17.5 Å². The summed E-state index contributed by atoms with van der Waals surface area (Å²) in [6, 6.07) is 8.36. The van der Waals surface area contributed by atoms with E-state index in [2.05, 4.69) is 10.1 Å². The Kier molecular flexibility index (Phi) is 3.57. The van der Waals surface area contributed by atoms with Crippen molar-refractivity contribution in [2.45, 2.75) is 37.8 Å². The minimum atomic E-state index is -0.478. The average molecular weight is 327 g/mol. The number of nitrogens with zero attached hydrogens (tertiary/aromatic N) is 2. The van der Waals surface area contributed by atoms with Gasteiger partial charge in [-0.05, 0) is 31.0 Å². The van der Waals surface area contributed by atoms with Crippen molar-refractivity contribution in [1.82, 2.24) is 10.1 Å². The second-order valence-electron chi connectivity index (χ2n) is 6.12. The Morgan fingerprint density at radius 2 is 2.00 bits per heavy atom. The lowest BCUT2D eigenvalue weighted by atomic mass is 9.99. The molecule has 2 heterocycles. The third-order valence-electron chi connectivity index (χ3n) is 4.37. The average Bonchev–Trinajstić information content (AvgIpc) is 3.22. The Balaban J connectivity index is 1.49. The molecule has 1 aliphatic rings. The first-order valence-electron chi connectivity index (χ1n) is 7.91. The van der Waals surface area contributed by atoms with Crippen molar-refractivity contribution < 1.29 is 13.7 Å². The summed E-state index contributed by atoms with van der Waals surface area (Å²) in [4.78, 5) is 15.6. The molecule has 0 aliphatic heterocycles. The van der Waals surface area contributed by atoms with E-state index in [0.717, 1.165) is 31.1 Å². The molecule has 2 aromatic heterocycles. The zero-order valence-corrected chi connectivity index (χ0v) is 13.0. The van der Waals surface area contributed by atoms with Crippen LogP contribution in [0.1, 0.15) is 37.4 Å². The van der Waals surface area contributed by atoms with Gasteiger partial charge in [-0.25, -0.2) is 4.79 Å². The zero-order valence-electron chi connectivity index (χ0n) is 13.0. The minimum absolute atomic E-state index is 0.131. The van der Waals surface area contributed by atoms with Gasteiger partial charge in [-0.2, -0.15) is 4.98 Å². The predicted molar refractivity (Wildman–Crippen MR) is 85.4 cm³/mol. The maximum Gasteiger partial charge on any atom is 0.336 e. The van der Waals surface area contributed by atoms with Crippen LogP contribution in [0.25, 0.3) is 11.0 Å². The van der Waals surface area contributed by atoms with Gasteiger partial charge in [0.25, 0.3) is 5.89 Å². The van der Waals surface area contributed by atoms with Crippen LogP contribution in [-0.2, 0) is 12.1 Å². The molecule has 1 saturated carbocycles. The molecule has 124 valence electrons. The van der Waals surface area contributed by atoms with Crippen LogP contribution in [0.3, 0.4) is 0 Å². The van der Waals surface area contributed by atoms with Crippen LogP contribution in [0.15, 0.2) is 44.1 Å². The molecule has 0 unspecified atom stereocenters. The van der Waals surface area contributed by atoms with Gasteiger partial charge in [-0.15, -0.1) is 0 Å². The molecule has 0 spiro atoms. The highest BCUT2D eigenvalue weighted by Crippen LogP contribution is 2.34. The third-order valence-corrected chi connectivity index (χ3v) is 4.37. The van der Waals surface area contributed by atoms with Gasteiger partial charge < -0.3 is 19.4 Å². The Morgan fingerprint density at radius 1 is 1.21 bits per heavy atom. The van der Waals surface area contributed by atoms with E-state index < -0.39 is 11.2 Å². The number of aromatic nitrogens is 2. The molecule has 7 nitrogen and oxygen atoms in total. The maximum absolute atomic E-state index is 11.3. The van der Waals surface area contributed by atoms with Gasteiger partial charge in [0.05, 0.1) is 5.54 Å². The topological polar surface area (TPSA) is 104 Å². The number of hydrogen-bond acceptors (Lipinski definition) is 7. The quantitative estimate of drug-likeness (QED) is 0.734. The van der Waals surface area contributed by atoms with E-state index in [1.54, 1.807) is 18.2 Å². The van der Waals surface area contributed by atoms with Gasteiger partial charge in [-0.3, -0.25) is 0 Å². The highest BCUT2D eigenvalue weighted by molar-refractivity contribution is 5.77. The van der Waals surface area contributed by atoms with E-state index in [4.69, 9.17) is 19.4 Å². The van der Waals surface area contributed by atoms with Crippen molar-refractivity contribution in [1.29, 1.82) is 0 Å². The molecule has 1 aromatic carbocycles. The molecular formula is C17H17N3O4. The highest BCUT2D eigenvalue weighted by Gasteiger charge is 2.35. The normalized spacial score (nSPS) is 16.5. The summed E-state index contributed by atoms with van der Waals surface area (Å²) in [5, 5.41) is 4.82. The second-order valence-corrected chi connectivity index (χ2v) is 6.12. The summed E-state index contributed by atoms with van der Waals surface area (Å²) in [5.74, 6) is 1.47.